The third kappa shape index (κ3) is 4.64. The summed E-state index contributed by atoms with van der Waals surface area (Å²) in [5.74, 6) is 0.933. The van der Waals surface area contributed by atoms with Crippen LogP contribution in [0.1, 0.15) is 0 Å². The second-order valence-electron chi connectivity index (χ2n) is 5.75. The molecular formula is C18H19N3O6. The highest BCUT2D eigenvalue weighted by Gasteiger charge is 2.18. The number of rotatable bonds is 5. The first-order valence-corrected chi connectivity index (χ1v) is 8.31. The van der Waals surface area contributed by atoms with Crippen LogP contribution in [0.2, 0.25) is 0 Å². The number of hydrogen-bond donors (Lipinski definition) is 1. The molecule has 9 heteroatoms. The van der Waals surface area contributed by atoms with Crippen LogP contribution in [-0.4, -0.2) is 44.4 Å². The van der Waals surface area contributed by atoms with Gasteiger partial charge in [-0.15, -0.1) is 0 Å². The van der Waals surface area contributed by atoms with Crippen LogP contribution >= 0.6 is 0 Å². The van der Waals surface area contributed by atoms with Crippen LogP contribution in [0.15, 0.2) is 42.5 Å². The van der Waals surface area contributed by atoms with Crippen molar-refractivity contribution in [2.75, 3.05) is 43.6 Å². The van der Waals surface area contributed by atoms with Crippen molar-refractivity contribution in [2.45, 2.75) is 0 Å². The van der Waals surface area contributed by atoms with E-state index in [1.54, 1.807) is 6.07 Å². The first-order valence-electron chi connectivity index (χ1n) is 8.31. The molecule has 0 spiro atoms. The van der Waals surface area contributed by atoms with Crippen molar-refractivity contribution < 1.29 is 23.9 Å². The third-order valence-electron chi connectivity index (χ3n) is 4.02. The maximum Gasteiger partial charge on any atom is 0.411 e. The number of nitro groups is 1. The zero-order valence-corrected chi connectivity index (χ0v) is 14.7. The second kappa shape index (κ2) is 8.37. The Balaban J connectivity index is 1.81. The number of carbonyl (C=O) groups is 1. The van der Waals surface area contributed by atoms with Crippen LogP contribution in [0.4, 0.5) is 21.9 Å². The third-order valence-corrected chi connectivity index (χ3v) is 4.02. The second-order valence-corrected chi connectivity index (χ2v) is 5.75. The van der Waals surface area contributed by atoms with Crippen molar-refractivity contribution in [1.82, 2.24) is 0 Å². The lowest BCUT2D eigenvalue weighted by molar-refractivity contribution is -0.383. The molecule has 142 valence electrons. The minimum absolute atomic E-state index is 0.00585. The summed E-state index contributed by atoms with van der Waals surface area (Å²) in [5, 5.41) is 13.5. The Morgan fingerprint density at radius 1 is 1.19 bits per heavy atom. The van der Waals surface area contributed by atoms with E-state index >= 15 is 0 Å². The van der Waals surface area contributed by atoms with Gasteiger partial charge < -0.3 is 19.1 Å². The van der Waals surface area contributed by atoms with Gasteiger partial charge in [-0.2, -0.15) is 0 Å². The molecule has 0 unspecified atom stereocenters. The quantitative estimate of drug-likeness (QED) is 0.633. The van der Waals surface area contributed by atoms with Gasteiger partial charge in [0.05, 0.1) is 25.2 Å². The zero-order chi connectivity index (χ0) is 19.2. The van der Waals surface area contributed by atoms with Crippen molar-refractivity contribution in [1.29, 1.82) is 0 Å². The molecule has 1 heterocycles. The SMILES string of the molecule is COC(=O)Nc1cc(Oc2cccc(N3CCOCC3)c2)ccc1[N+](=O)[O-]. The zero-order valence-electron chi connectivity index (χ0n) is 14.7. The fourth-order valence-corrected chi connectivity index (χ4v) is 2.70. The average molecular weight is 373 g/mol. The summed E-state index contributed by atoms with van der Waals surface area (Å²) in [6.07, 6.45) is -0.801. The summed E-state index contributed by atoms with van der Waals surface area (Å²) in [4.78, 5) is 24.2. The highest BCUT2D eigenvalue weighted by molar-refractivity contribution is 5.88. The van der Waals surface area contributed by atoms with Gasteiger partial charge in [-0.25, -0.2) is 4.79 Å². The molecule has 0 saturated carbocycles. The van der Waals surface area contributed by atoms with Crippen LogP contribution in [0.25, 0.3) is 0 Å². The van der Waals surface area contributed by atoms with Crippen LogP contribution in [0.5, 0.6) is 11.5 Å². The van der Waals surface area contributed by atoms with Crippen LogP contribution in [0, 0.1) is 10.1 Å². The molecule has 2 aromatic rings. The number of ether oxygens (including phenoxy) is 3. The van der Waals surface area contributed by atoms with Crippen molar-refractivity contribution in [3.05, 3.63) is 52.6 Å². The van der Waals surface area contributed by atoms with Crippen LogP contribution in [-0.2, 0) is 9.47 Å². The van der Waals surface area contributed by atoms with Gasteiger partial charge in [0.15, 0.2) is 0 Å². The normalized spacial score (nSPS) is 13.7. The van der Waals surface area contributed by atoms with E-state index in [2.05, 4.69) is 15.0 Å². The number of nitro benzene ring substituents is 1. The van der Waals surface area contributed by atoms with Gasteiger partial charge in [0.1, 0.15) is 17.2 Å². The van der Waals surface area contributed by atoms with Gasteiger partial charge in [-0.3, -0.25) is 15.4 Å². The fraction of sp³-hybridized carbons (Fsp3) is 0.278. The van der Waals surface area contributed by atoms with Crippen molar-refractivity contribution in [3.63, 3.8) is 0 Å². The summed E-state index contributed by atoms with van der Waals surface area (Å²) in [7, 11) is 1.18. The predicted octanol–water partition coefficient (Wildman–Crippen LogP) is 3.40. The molecule has 0 bridgehead atoms. The lowest BCUT2D eigenvalue weighted by Crippen LogP contribution is -2.36. The van der Waals surface area contributed by atoms with Gasteiger partial charge in [0.25, 0.3) is 5.69 Å². The number of morpholine rings is 1. The maximum atomic E-state index is 11.4. The van der Waals surface area contributed by atoms with Crippen molar-refractivity contribution in [3.8, 4) is 11.5 Å². The Kier molecular flexibility index (Phi) is 5.72. The van der Waals surface area contributed by atoms with E-state index < -0.39 is 11.0 Å². The molecule has 0 aromatic heterocycles. The van der Waals surface area contributed by atoms with E-state index in [0.717, 1.165) is 18.8 Å². The Labute approximate surface area is 155 Å². The lowest BCUT2D eigenvalue weighted by atomic mass is 10.2. The molecule has 1 saturated heterocycles. The molecule has 0 aliphatic carbocycles. The fourth-order valence-electron chi connectivity index (χ4n) is 2.70. The van der Waals surface area contributed by atoms with E-state index in [1.165, 1.54) is 25.3 Å². The molecule has 1 fully saturated rings. The summed E-state index contributed by atoms with van der Waals surface area (Å²) >= 11 is 0. The number of benzene rings is 2. The van der Waals surface area contributed by atoms with Crippen LogP contribution < -0.4 is 15.0 Å². The number of nitrogens with one attached hydrogen (secondary N) is 1. The number of nitrogens with zero attached hydrogens (tertiary/aromatic N) is 2. The number of hydrogen-bond acceptors (Lipinski definition) is 7. The Hall–Kier alpha value is -3.33. The summed E-state index contributed by atoms with van der Waals surface area (Å²) < 4.78 is 15.7. The summed E-state index contributed by atoms with van der Waals surface area (Å²) in [5.41, 5.74) is 0.745. The monoisotopic (exact) mass is 373 g/mol. The Morgan fingerprint density at radius 3 is 2.63 bits per heavy atom. The number of anilines is 2. The molecule has 0 atom stereocenters. The van der Waals surface area contributed by atoms with Gasteiger partial charge in [0, 0.05) is 37.0 Å². The van der Waals surface area contributed by atoms with E-state index in [0.29, 0.717) is 24.7 Å². The summed E-state index contributed by atoms with van der Waals surface area (Å²) in [6.45, 7) is 2.95. The van der Waals surface area contributed by atoms with Crippen molar-refractivity contribution in [2.24, 2.45) is 0 Å². The first kappa shape index (κ1) is 18.5. The molecule has 9 nitrogen and oxygen atoms in total. The smallest absolute Gasteiger partial charge is 0.411 e. The molecule has 1 N–H and O–H groups in total. The average Bonchev–Trinajstić information content (AvgIpc) is 2.69. The minimum atomic E-state index is -0.801. The predicted molar refractivity (Wildman–Crippen MR) is 98.7 cm³/mol. The van der Waals surface area contributed by atoms with E-state index in [-0.39, 0.29) is 11.4 Å². The molecule has 1 aliphatic rings. The Bertz CT molecular complexity index is 836. The number of methoxy groups -OCH3 is 1. The molecular weight excluding hydrogens is 354 g/mol. The number of amides is 1. The van der Waals surface area contributed by atoms with Gasteiger partial charge >= 0.3 is 6.09 Å². The molecule has 1 aliphatic heterocycles. The van der Waals surface area contributed by atoms with Gasteiger partial charge in [0.2, 0.25) is 0 Å². The van der Waals surface area contributed by atoms with Crippen molar-refractivity contribution >= 4 is 23.2 Å². The first-order chi connectivity index (χ1) is 13.1. The number of carbonyl (C=O) groups excluding carboxylic acids is 1. The highest BCUT2D eigenvalue weighted by atomic mass is 16.6. The minimum Gasteiger partial charge on any atom is -0.457 e. The highest BCUT2D eigenvalue weighted by Crippen LogP contribution is 2.32. The van der Waals surface area contributed by atoms with Crippen LogP contribution in [0.3, 0.4) is 0 Å². The standard InChI is InChI=1S/C18H19N3O6/c1-25-18(22)19-16-12-15(5-6-17(16)21(23)24)27-14-4-2-3-13(11-14)20-7-9-26-10-8-20/h2-6,11-12H,7-10H2,1H3,(H,19,22). The van der Waals surface area contributed by atoms with Gasteiger partial charge in [-0.05, 0) is 18.2 Å². The molecule has 0 radical (unpaired) electrons. The van der Waals surface area contributed by atoms with E-state index in [1.807, 2.05) is 18.2 Å². The van der Waals surface area contributed by atoms with E-state index in [9.17, 15) is 14.9 Å². The molecule has 2 aromatic carbocycles. The largest absolute Gasteiger partial charge is 0.457 e. The van der Waals surface area contributed by atoms with E-state index in [4.69, 9.17) is 9.47 Å². The lowest BCUT2D eigenvalue weighted by Gasteiger charge is -2.29. The molecule has 1 amide bonds. The molecule has 27 heavy (non-hydrogen) atoms. The topological polar surface area (TPSA) is 103 Å². The molecule has 3 rings (SSSR count). The van der Waals surface area contributed by atoms with Gasteiger partial charge in [-0.1, -0.05) is 6.07 Å². The Morgan fingerprint density at radius 2 is 1.93 bits per heavy atom. The summed E-state index contributed by atoms with van der Waals surface area (Å²) in [6, 6.07) is 11.7. The maximum absolute atomic E-state index is 11.4.